The average molecular weight is 402 g/mol. The molecule has 0 spiro atoms. The molecule has 2 aromatic carbocycles. The van der Waals surface area contributed by atoms with Crippen molar-refractivity contribution in [1.29, 1.82) is 0 Å². The van der Waals surface area contributed by atoms with E-state index in [0.29, 0.717) is 16.3 Å². The summed E-state index contributed by atoms with van der Waals surface area (Å²) in [5.74, 6) is -1.20. The molecule has 0 bridgehead atoms. The average Bonchev–Trinajstić information content (AvgIpc) is 3.17. The number of furan rings is 1. The predicted octanol–water partition coefficient (Wildman–Crippen LogP) is 4.60. The molecular weight excluding hydrogens is 385 g/mol. The summed E-state index contributed by atoms with van der Waals surface area (Å²) in [5.41, 5.74) is 1.37. The lowest BCUT2D eigenvalue weighted by atomic mass is 10.2. The minimum atomic E-state index is -1.03. The summed E-state index contributed by atoms with van der Waals surface area (Å²) in [6.07, 6.45) is -1.03. The Kier molecular flexibility index (Phi) is 6.11. The highest BCUT2D eigenvalue weighted by atomic mass is 35.5. The van der Waals surface area contributed by atoms with Crippen molar-refractivity contribution < 1.29 is 23.1 Å². The molecule has 3 rings (SSSR count). The number of hydrogen-bond donors (Lipinski definition) is 1. The highest BCUT2D eigenvalue weighted by molar-refractivity contribution is 6.33. The summed E-state index contributed by atoms with van der Waals surface area (Å²) >= 11 is 6.12. The van der Waals surface area contributed by atoms with E-state index >= 15 is 0 Å². The van der Waals surface area contributed by atoms with Crippen LogP contribution in [0.1, 0.15) is 23.0 Å². The van der Waals surface area contributed by atoms with Crippen LogP contribution in [-0.2, 0) is 16.1 Å². The second-order valence-corrected chi connectivity index (χ2v) is 6.44. The van der Waals surface area contributed by atoms with Gasteiger partial charge in [-0.15, -0.1) is 0 Å². The van der Waals surface area contributed by atoms with Crippen molar-refractivity contribution in [2.24, 2.45) is 0 Å². The molecule has 1 atom stereocenters. The normalized spacial score (nSPS) is 11.7. The molecule has 28 heavy (non-hydrogen) atoms. The van der Waals surface area contributed by atoms with Crippen LogP contribution in [0.15, 0.2) is 65.1 Å². The lowest BCUT2D eigenvalue weighted by Gasteiger charge is -2.12. The molecule has 144 valence electrons. The SMILES string of the molecule is CC(OC(=O)c1ccc(-c2ccccc2Cl)o1)C(=O)NCc1ccc(F)cc1. The minimum Gasteiger partial charge on any atom is -0.449 e. The van der Waals surface area contributed by atoms with Gasteiger partial charge in [0.1, 0.15) is 11.6 Å². The van der Waals surface area contributed by atoms with Crippen LogP contribution in [0, 0.1) is 5.82 Å². The Hall–Kier alpha value is -3.12. The van der Waals surface area contributed by atoms with Gasteiger partial charge in [0, 0.05) is 12.1 Å². The van der Waals surface area contributed by atoms with Gasteiger partial charge in [-0.25, -0.2) is 9.18 Å². The summed E-state index contributed by atoms with van der Waals surface area (Å²) in [6, 6.07) is 15.9. The van der Waals surface area contributed by atoms with Gasteiger partial charge in [0.05, 0.1) is 5.02 Å². The van der Waals surface area contributed by atoms with E-state index < -0.39 is 18.0 Å². The van der Waals surface area contributed by atoms with Gasteiger partial charge in [-0.1, -0.05) is 35.9 Å². The fraction of sp³-hybridized carbons (Fsp3) is 0.143. The number of halogens is 2. The molecule has 7 heteroatoms. The van der Waals surface area contributed by atoms with Crippen LogP contribution in [0.2, 0.25) is 5.02 Å². The van der Waals surface area contributed by atoms with E-state index in [-0.39, 0.29) is 18.1 Å². The molecule has 1 N–H and O–H groups in total. The Balaban J connectivity index is 1.57. The highest BCUT2D eigenvalue weighted by Crippen LogP contribution is 2.29. The maximum Gasteiger partial charge on any atom is 0.375 e. The quantitative estimate of drug-likeness (QED) is 0.613. The van der Waals surface area contributed by atoms with Gasteiger partial charge >= 0.3 is 5.97 Å². The summed E-state index contributed by atoms with van der Waals surface area (Å²) in [6.45, 7) is 1.65. The molecule has 0 saturated carbocycles. The Morgan fingerprint density at radius 2 is 1.82 bits per heavy atom. The molecule has 1 heterocycles. The highest BCUT2D eigenvalue weighted by Gasteiger charge is 2.21. The number of rotatable bonds is 6. The van der Waals surface area contributed by atoms with E-state index in [4.69, 9.17) is 20.8 Å². The molecule has 1 unspecified atom stereocenters. The molecule has 1 aromatic heterocycles. The van der Waals surface area contributed by atoms with Crippen molar-refractivity contribution >= 4 is 23.5 Å². The standard InChI is InChI=1S/C21H17ClFNO4/c1-13(20(25)24-12-14-6-8-15(23)9-7-14)27-21(26)19-11-10-18(28-19)16-4-2-3-5-17(16)22/h2-11,13H,12H2,1H3,(H,24,25). The van der Waals surface area contributed by atoms with Crippen LogP contribution in [0.4, 0.5) is 4.39 Å². The van der Waals surface area contributed by atoms with Crippen LogP contribution in [0.25, 0.3) is 11.3 Å². The van der Waals surface area contributed by atoms with Gasteiger partial charge in [-0.3, -0.25) is 4.79 Å². The minimum absolute atomic E-state index is 0.0342. The Labute approximate surface area is 166 Å². The first kappa shape index (κ1) is 19.6. The number of amides is 1. The van der Waals surface area contributed by atoms with Gasteiger partial charge in [-0.2, -0.15) is 0 Å². The van der Waals surface area contributed by atoms with Crippen molar-refractivity contribution in [3.63, 3.8) is 0 Å². The van der Waals surface area contributed by atoms with Crippen molar-refractivity contribution in [2.45, 2.75) is 19.6 Å². The molecule has 0 aliphatic heterocycles. The fourth-order valence-electron chi connectivity index (χ4n) is 2.46. The Morgan fingerprint density at radius 3 is 2.54 bits per heavy atom. The van der Waals surface area contributed by atoms with E-state index in [9.17, 15) is 14.0 Å². The molecule has 0 aliphatic rings. The second kappa shape index (κ2) is 8.71. The van der Waals surface area contributed by atoms with Gasteiger partial charge < -0.3 is 14.5 Å². The van der Waals surface area contributed by atoms with E-state index in [1.165, 1.54) is 25.1 Å². The third-order valence-electron chi connectivity index (χ3n) is 3.98. The zero-order valence-corrected chi connectivity index (χ0v) is 15.7. The van der Waals surface area contributed by atoms with Gasteiger partial charge in [0.15, 0.2) is 6.10 Å². The van der Waals surface area contributed by atoms with Gasteiger partial charge in [0.25, 0.3) is 5.91 Å². The molecular formula is C21H17ClFNO4. The van der Waals surface area contributed by atoms with E-state index in [2.05, 4.69) is 5.32 Å². The molecule has 0 saturated heterocycles. The second-order valence-electron chi connectivity index (χ2n) is 6.04. The first-order chi connectivity index (χ1) is 13.4. The van der Waals surface area contributed by atoms with Crippen LogP contribution in [0.3, 0.4) is 0 Å². The molecule has 0 fully saturated rings. The number of nitrogens with one attached hydrogen (secondary N) is 1. The summed E-state index contributed by atoms with van der Waals surface area (Å²) in [7, 11) is 0. The van der Waals surface area contributed by atoms with Crippen LogP contribution < -0.4 is 5.32 Å². The zero-order valence-electron chi connectivity index (χ0n) is 14.9. The summed E-state index contributed by atoms with van der Waals surface area (Å²) < 4.78 is 23.5. The third kappa shape index (κ3) is 4.78. The maximum atomic E-state index is 12.9. The van der Waals surface area contributed by atoms with E-state index in [0.717, 1.165) is 5.56 Å². The Bertz CT molecular complexity index is 984. The predicted molar refractivity (Wildman–Crippen MR) is 102 cm³/mol. The van der Waals surface area contributed by atoms with Crippen molar-refractivity contribution in [3.8, 4) is 11.3 Å². The topological polar surface area (TPSA) is 68.5 Å². The molecule has 1 amide bonds. The molecule has 0 radical (unpaired) electrons. The van der Waals surface area contributed by atoms with Crippen molar-refractivity contribution in [1.82, 2.24) is 5.32 Å². The number of benzene rings is 2. The number of ether oxygens (including phenoxy) is 1. The number of hydrogen-bond acceptors (Lipinski definition) is 4. The molecule has 5 nitrogen and oxygen atoms in total. The largest absolute Gasteiger partial charge is 0.449 e. The smallest absolute Gasteiger partial charge is 0.375 e. The third-order valence-corrected chi connectivity index (χ3v) is 4.31. The van der Waals surface area contributed by atoms with Crippen LogP contribution >= 0.6 is 11.6 Å². The lowest BCUT2D eigenvalue weighted by Crippen LogP contribution is -2.35. The van der Waals surface area contributed by atoms with Crippen molar-refractivity contribution in [3.05, 3.63) is 82.8 Å². The number of carbonyl (C=O) groups is 2. The van der Waals surface area contributed by atoms with Gasteiger partial charge in [0.2, 0.25) is 5.76 Å². The lowest BCUT2D eigenvalue weighted by molar-refractivity contribution is -0.129. The fourth-order valence-corrected chi connectivity index (χ4v) is 2.69. The number of carbonyl (C=O) groups excluding carboxylic acids is 2. The van der Waals surface area contributed by atoms with Crippen LogP contribution in [0.5, 0.6) is 0 Å². The Morgan fingerprint density at radius 1 is 1.11 bits per heavy atom. The van der Waals surface area contributed by atoms with E-state index in [1.54, 1.807) is 42.5 Å². The first-order valence-corrected chi connectivity index (χ1v) is 8.89. The zero-order chi connectivity index (χ0) is 20.1. The summed E-state index contributed by atoms with van der Waals surface area (Å²) in [5, 5.41) is 3.12. The number of esters is 1. The summed E-state index contributed by atoms with van der Waals surface area (Å²) in [4.78, 5) is 24.3. The van der Waals surface area contributed by atoms with Crippen LogP contribution in [-0.4, -0.2) is 18.0 Å². The monoisotopic (exact) mass is 401 g/mol. The van der Waals surface area contributed by atoms with Gasteiger partial charge in [-0.05, 0) is 48.9 Å². The molecule has 3 aromatic rings. The van der Waals surface area contributed by atoms with Crippen molar-refractivity contribution in [2.75, 3.05) is 0 Å². The first-order valence-electron chi connectivity index (χ1n) is 8.52. The maximum absolute atomic E-state index is 12.9. The molecule has 0 aliphatic carbocycles. The van der Waals surface area contributed by atoms with E-state index in [1.807, 2.05) is 0 Å².